The molecule has 0 saturated heterocycles. The molecule has 0 spiro atoms. The summed E-state index contributed by atoms with van der Waals surface area (Å²) in [6.45, 7) is 0. The summed E-state index contributed by atoms with van der Waals surface area (Å²) in [7, 11) is -5.17. The van der Waals surface area contributed by atoms with E-state index in [1.807, 2.05) is 0 Å². The SMILES string of the molecule is O.O.O=S(=O)([O-])[O-].[Ce+4].[NH4+]. The normalized spacial score (nSPS) is 6.44. The second-order valence-electron chi connectivity index (χ2n) is 0.408. The molecule has 0 unspecified atom stereocenters. The number of rotatable bonds is 0. The molecule has 0 bridgehead atoms. The molecule has 0 aliphatic rings. The van der Waals surface area contributed by atoms with Crippen molar-refractivity contribution in [3.8, 4) is 0 Å². The predicted octanol–water partition coefficient (Wildman–Crippen LogP) is -2.61. The Kier molecular flexibility index (Phi) is 42.3. The molecular formula is H8CeNO6S+3. The summed E-state index contributed by atoms with van der Waals surface area (Å²) in [5, 5.41) is 0. The maximum absolute atomic E-state index is 8.52. The van der Waals surface area contributed by atoms with Crippen LogP contribution in [0.4, 0.5) is 0 Å². The Morgan fingerprint density at radius 1 is 1.00 bits per heavy atom. The van der Waals surface area contributed by atoms with Gasteiger partial charge in [0.1, 0.15) is 0 Å². The van der Waals surface area contributed by atoms with E-state index in [9.17, 15) is 0 Å². The minimum Gasteiger partial charge on any atom is -0.759 e. The van der Waals surface area contributed by atoms with Gasteiger partial charge in [-0.15, -0.1) is 0 Å². The van der Waals surface area contributed by atoms with Crippen molar-refractivity contribution < 1.29 is 70.2 Å². The van der Waals surface area contributed by atoms with E-state index in [-0.39, 0.29) is 58.9 Å². The van der Waals surface area contributed by atoms with Gasteiger partial charge >= 0.3 is 41.7 Å². The Morgan fingerprint density at radius 2 is 1.00 bits per heavy atom. The molecule has 0 heterocycles. The Hall–Kier alpha value is 1.13. The van der Waals surface area contributed by atoms with Gasteiger partial charge in [-0.05, 0) is 0 Å². The van der Waals surface area contributed by atoms with Crippen molar-refractivity contribution >= 4 is 10.4 Å². The fourth-order valence-electron chi connectivity index (χ4n) is 0. The van der Waals surface area contributed by atoms with Gasteiger partial charge in [0, 0.05) is 10.4 Å². The number of quaternary nitrogens is 1. The molecule has 0 saturated carbocycles. The van der Waals surface area contributed by atoms with Gasteiger partial charge in [-0.2, -0.15) is 0 Å². The molecule has 8 N–H and O–H groups in total. The Bertz CT molecular complexity index is 96.2. The average Bonchev–Trinajstić information content (AvgIpc) is 0.722. The molecule has 0 rings (SSSR count). The van der Waals surface area contributed by atoms with E-state index in [0.717, 1.165) is 0 Å². The summed E-state index contributed by atoms with van der Waals surface area (Å²) in [5.41, 5.74) is 0. The van der Waals surface area contributed by atoms with Gasteiger partial charge in [0.2, 0.25) is 0 Å². The molecule has 9 heavy (non-hydrogen) atoms. The van der Waals surface area contributed by atoms with E-state index in [4.69, 9.17) is 17.5 Å². The van der Waals surface area contributed by atoms with Crippen LogP contribution in [0.1, 0.15) is 0 Å². The maximum Gasteiger partial charge on any atom is 4.00 e. The Balaban J connectivity index is -0.0000000133. The molecule has 9 heteroatoms. The monoisotopic (exact) mass is 290 g/mol. The molecule has 0 aliphatic carbocycles. The zero-order valence-electron chi connectivity index (χ0n) is 4.54. The zero-order valence-corrected chi connectivity index (χ0v) is 8.50. The molecule has 0 radical (unpaired) electrons. The summed E-state index contributed by atoms with van der Waals surface area (Å²) >= 11 is 0. The zero-order chi connectivity index (χ0) is 4.50. The van der Waals surface area contributed by atoms with E-state index in [0.29, 0.717) is 0 Å². The summed E-state index contributed by atoms with van der Waals surface area (Å²) in [4.78, 5) is 0. The first-order valence-electron chi connectivity index (χ1n) is 0.667. The second kappa shape index (κ2) is 11.9. The van der Waals surface area contributed by atoms with E-state index in [1.54, 1.807) is 0 Å². The van der Waals surface area contributed by atoms with Crippen LogP contribution >= 0.6 is 0 Å². The van der Waals surface area contributed by atoms with Gasteiger partial charge in [-0.3, -0.25) is 8.42 Å². The third-order valence-corrected chi connectivity index (χ3v) is 0. The van der Waals surface area contributed by atoms with Gasteiger partial charge in [0.05, 0.1) is 0 Å². The van der Waals surface area contributed by atoms with E-state index < -0.39 is 10.4 Å². The van der Waals surface area contributed by atoms with Crippen LogP contribution < -0.4 is 6.15 Å². The van der Waals surface area contributed by atoms with Crippen molar-refractivity contribution in [3.05, 3.63) is 0 Å². The van der Waals surface area contributed by atoms with Gasteiger partial charge in [0.25, 0.3) is 0 Å². The summed E-state index contributed by atoms with van der Waals surface area (Å²) in [6, 6.07) is 0. The predicted molar refractivity (Wildman–Crippen MR) is 23.7 cm³/mol. The van der Waals surface area contributed by atoms with Crippen LogP contribution in [0.2, 0.25) is 0 Å². The van der Waals surface area contributed by atoms with Gasteiger partial charge in [-0.25, -0.2) is 0 Å². The van der Waals surface area contributed by atoms with Crippen molar-refractivity contribution in [1.82, 2.24) is 6.15 Å². The van der Waals surface area contributed by atoms with Crippen LogP contribution in [0.25, 0.3) is 0 Å². The standard InChI is InChI=1S/Ce.H3N.H2O4S.2H2O/c;;1-5(2,3)4;;/h;1H3;(H2,1,2,3,4);2*1H2/q+4;;;;/p-1. The van der Waals surface area contributed by atoms with Gasteiger partial charge in [0.15, 0.2) is 0 Å². The minimum atomic E-state index is -5.17. The summed E-state index contributed by atoms with van der Waals surface area (Å²) in [5.74, 6) is 0. The molecule has 56 valence electrons. The van der Waals surface area contributed by atoms with Gasteiger partial charge in [-0.1, -0.05) is 0 Å². The molecule has 0 amide bonds. The summed E-state index contributed by atoms with van der Waals surface area (Å²) < 4.78 is 34.1. The second-order valence-corrected chi connectivity index (χ2v) is 1.22. The quantitative estimate of drug-likeness (QED) is 0.379. The molecule has 7 nitrogen and oxygen atoms in total. The summed E-state index contributed by atoms with van der Waals surface area (Å²) in [6.07, 6.45) is 0. The van der Waals surface area contributed by atoms with Gasteiger partial charge < -0.3 is 26.2 Å². The Morgan fingerprint density at radius 3 is 1.00 bits per heavy atom. The van der Waals surface area contributed by atoms with Crippen LogP contribution in [0.3, 0.4) is 0 Å². The van der Waals surface area contributed by atoms with E-state index >= 15 is 0 Å². The average molecular weight is 290 g/mol. The first-order chi connectivity index (χ1) is 2.00. The molecule has 0 aliphatic heterocycles. The number of hydrogen-bond donors (Lipinski definition) is 1. The smallest absolute Gasteiger partial charge is 0.759 e. The fraction of sp³-hybridized carbons (Fsp3) is 0. The fourth-order valence-corrected chi connectivity index (χ4v) is 0. The van der Waals surface area contributed by atoms with Crippen LogP contribution in [-0.2, 0) is 10.4 Å². The van der Waals surface area contributed by atoms with Crippen molar-refractivity contribution in [1.29, 1.82) is 0 Å². The van der Waals surface area contributed by atoms with Crippen molar-refractivity contribution in [2.75, 3.05) is 0 Å². The molecular weight excluding hydrogens is 282 g/mol. The first-order valence-corrected chi connectivity index (χ1v) is 2.00. The first kappa shape index (κ1) is 32.1. The van der Waals surface area contributed by atoms with Crippen LogP contribution in [0.5, 0.6) is 0 Å². The molecule has 0 fully saturated rings. The largest absolute Gasteiger partial charge is 4.00 e. The molecule has 0 atom stereocenters. The minimum absolute atomic E-state index is 0. The third-order valence-electron chi connectivity index (χ3n) is 0. The van der Waals surface area contributed by atoms with E-state index in [1.165, 1.54) is 0 Å². The van der Waals surface area contributed by atoms with Crippen molar-refractivity contribution in [3.63, 3.8) is 0 Å². The number of hydrogen-bond acceptors (Lipinski definition) is 4. The molecule has 0 aromatic rings. The Labute approximate surface area is 86.0 Å². The van der Waals surface area contributed by atoms with E-state index in [2.05, 4.69) is 0 Å². The van der Waals surface area contributed by atoms with Crippen LogP contribution in [0, 0.1) is 41.7 Å². The maximum atomic E-state index is 8.52. The van der Waals surface area contributed by atoms with Crippen LogP contribution in [0.15, 0.2) is 0 Å². The van der Waals surface area contributed by atoms with Crippen LogP contribution in [-0.4, -0.2) is 28.5 Å². The third kappa shape index (κ3) is 365. The molecule has 0 aromatic heterocycles. The topological polar surface area (TPSA) is 180 Å². The van der Waals surface area contributed by atoms with Crippen molar-refractivity contribution in [2.24, 2.45) is 0 Å². The van der Waals surface area contributed by atoms with Crippen molar-refractivity contribution in [2.45, 2.75) is 0 Å². The molecule has 0 aromatic carbocycles.